The third-order valence-corrected chi connectivity index (χ3v) is 13.4. The van der Waals surface area contributed by atoms with Gasteiger partial charge in [-0.05, 0) is 88.3 Å². The van der Waals surface area contributed by atoms with Crippen molar-refractivity contribution in [3.05, 3.63) is 194 Å². The van der Waals surface area contributed by atoms with Crippen LogP contribution in [0.15, 0.2) is 207 Å². The minimum atomic E-state index is 0.479. The van der Waals surface area contributed by atoms with Crippen LogP contribution in [0.2, 0.25) is 0 Å². The molecule has 0 saturated carbocycles. The molecule has 0 aliphatic carbocycles. The normalized spacial score (nSPS) is 12.2. The molecule has 306 valence electrons. The van der Waals surface area contributed by atoms with Gasteiger partial charge in [0.25, 0.3) is 0 Å². The molecule has 0 aliphatic heterocycles. The Hall–Kier alpha value is -9.07. The maximum atomic E-state index is 6.88. The molecule has 0 N–H and O–H groups in total. The van der Waals surface area contributed by atoms with E-state index in [9.17, 15) is 0 Å². The molecule has 15 rings (SSSR count). The number of hydrogen-bond acceptors (Lipinski definition) is 6. The molecule has 0 amide bonds. The quantitative estimate of drug-likeness (QED) is 0.175. The van der Waals surface area contributed by atoms with Crippen molar-refractivity contribution in [3.8, 4) is 39.9 Å². The predicted molar refractivity (Wildman–Crippen MR) is 267 cm³/mol. The first-order chi connectivity index (χ1) is 32.7. The Bertz CT molecular complexity index is 4550. The fourth-order valence-electron chi connectivity index (χ4n) is 10.5. The van der Waals surface area contributed by atoms with Crippen LogP contribution < -0.4 is 0 Å². The summed E-state index contributed by atoms with van der Waals surface area (Å²) in [5.41, 5.74) is 10.3. The number of nitrogens with zero attached hydrogens (tertiary/aromatic N) is 4. The van der Waals surface area contributed by atoms with E-state index in [1.807, 2.05) is 72.8 Å². The number of rotatable bonds is 4. The summed E-state index contributed by atoms with van der Waals surface area (Å²) in [5, 5.41) is 12.9. The van der Waals surface area contributed by atoms with Gasteiger partial charge < -0.3 is 17.8 Å². The van der Waals surface area contributed by atoms with E-state index < -0.39 is 0 Å². The predicted octanol–water partition coefficient (Wildman–Crippen LogP) is 16.0. The van der Waals surface area contributed by atoms with Gasteiger partial charge in [0.2, 0.25) is 0 Å². The SMILES string of the molecule is c1ccc2cc3c(cc2c1)c1ccccc1n3-c1ccc2c(c1)cc(-c1nc(-c3cccc4c3oc3ccccc34)nc(-c3cccc4oc5ccccc5c34)n1)c1oc3ccccc3c12. The van der Waals surface area contributed by atoms with Crippen molar-refractivity contribution in [2.75, 3.05) is 0 Å². The number of furan rings is 3. The highest BCUT2D eigenvalue weighted by molar-refractivity contribution is 6.23. The van der Waals surface area contributed by atoms with Crippen LogP contribution in [0, 0.1) is 0 Å². The van der Waals surface area contributed by atoms with Crippen LogP contribution >= 0.6 is 0 Å². The van der Waals surface area contributed by atoms with Gasteiger partial charge in [0.1, 0.15) is 33.5 Å². The van der Waals surface area contributed by atoms with E-state index >= 15 is 0 Å². The van der Waals surface area contributed by atoms with E-state index in [0.717, 1.165) is 98.8 Å². The summed E-state index contributed by atoms with van der Waals surface area (Å²) >= 11 is 0. The van der Waals surface area contributed by atoms with Crippen LogP contribution in [0.1, 0.15) is 0 Å². The Morgan fingerprint density at radius 1 is 0.303 bits per heavy atom. The second kappa shape index (κ2) is 13.2. The van der Waals surface area contributed by atoms with Gasteiger partial charge in [0.05, 0.1) is 22.2 Å². The summed E-state index contributed by atoms with van der Waals surface area (Å²) in [4.78, 5) is 16.1. The fraction of sp³-hybridized carbons (Fsp3) is 0. The smallest absolute Gasteiger partial charge is 0.167 e. The van der Waals surface area contributed by atoms with Crippen molar-refractivity contribution < 1.29 is 13.3 Å². The molecule has 10 aromatic carbocycles. The summed E-state index contributed by atoms with van der Waals surface area (Å²) < 4.78 is 22.3. The molecule has 5 aromatic heterocycles. The number of hydrogen-bond donors (Lipinski definition) is 0. The van der Waals surface area contributed by atoms with Crippen LogP contribution in [0.5, 0.6) is 0 Å². The van der Waals surface area contributed by atoms with Crippen molar-refractivity contribution >= 4 is 109 Å². The van der Waals surface area contributed by atoms with Gasteiger partial charge in [0, 0.05) is 54.3 Å². The lowest BCUT2D eigenvalue weighted by molar-refractivity contribution is 0.668. The zero-order valence-corrected chi connectivity index (χ0v) is 35.0. The van der Waals surface area contributed by atoms with E-state index in [1.165, 1.54) is 21.5 Å². The summed E-state index contributed by atoms with van der Waals surface area (Å²) in [5.74, 6) is 1.48. The zero-order chi connectivity index (χ0) is 43.0. The molecule has 0 radical (unpaired) electrons. The Morgan fingerprint density at radius 2 is 0.879 bits per heavy atom. The molecule has 5 heterocycles. The molecule has 0 aliphatic rings. The standard InChI is InChI=1S/C59H32N4O3/c1-2-14-34-32-48-45(30-33(34)13-1)38-15-3-7-22-47(38)63(48)36-27-28-37-35(29-36)31-46(56-54(37)42-18-6-10-25-51(42)66-56)59-61-57(43-20-12-26-52-53(43)41-17-5-9-24-50(41)64-52)60-58(62-59)44-21-11-19-40-39-16-4-8-23-49(39)65-55(40)44/h1-32H. The van der Waals surface area contributed by atoms with Crippen LogP contribution in [0.3, 0.4) is 0 Å². The van der Waals surface area contributed by atoms with Crippen molar-refractivity contribution in [1.82, 2.24) is 19.5 Å². The highest BCUT2D eigenvalue weighted by atomic mass is 16.3. The van der Waals surface area contributed by atoms with Crippen molar-refractivity contribution in [1.29, 1.82) is 0 Å². The maximum absolute atomic E-state index is 6.88. The first kappa shape index (κ1) is 35.4. The van der Waals surface area contributed by atoms with Gasteiger partial charge in [-0.3, -0.25) is 0 Å². The minimum absolute atomic E-state index is 0.479. The van der Waals surface area contributed by atoms with E-state index in [1.54, 1.807) is 0 Å². The topological polar surface area (TPSA) is 83.0 Å². The molecular formula is C59H32N4O3. The van der Waals surface area contributed by atoms with Crippen LogP contribution in [0.4, 0.5) is 0 Å². The van der Waals surface area contributed by atoms with Gasteiger partial charge in [-0.1, -0.05) is 127 Å². The monoisotopic (exact) mass is 844 g/mol. The Kier molecular flexibility index (Phi) is 7.10. The first-order valence-corrected chi connectivity index (χ1v) is 22.1. The molecule has 0 saturated heterocycles. The number of para-hydroxylation sites is 5. The molecule has 7 nitrogen and oxygen atoms in total. The molecular weight excluding hydrogens is 813 g/mol. The first-order valence-electron chi connectivity index (χ1n) is 22.1. The summed E-state index contributed by atoms with van der Waals surface area (Å²) in [6.07, 6.45) is 0. The molecule has 0 bridgehead atoms. The minimum Gasteiger partial charge on any atom is -0.456 e. The summed E-state index contributed by atoms with van der Waals surface area (Å²) in [6.45, 7) is 0. The number of aromatic nitrogens is 4. The van der Waals surface area contributed by atoms with Gasteiger partial charge >= 0.3 is 0 Å². The van der Waals surface area contributed by atoms with Gasteiger partial charge in [-0.15, -0.1) is 0 Å². The summed E-state index contributed by atoms with van der Waals surface area (Å²) in [6, 6.07) is 67.5. The van der Waals surface area contributed by atoms with Gasteiger partial charge in [0.15, 0.2) is 17.5 Å². The molecule has 0 spiro atoms. The molecule has 66 heavy (non-hydrogen) atoms. The van der Waals surface area contributed by atoms with Crippen LogP contribution in [-0.2, 0) is 0 Å². The number of benzene rings is 10. The second-order valence-corrected chi connectivity index (χ2v) is 17.1. The average molecular weight is 845 g/mol. The largest absolute Gasteiger partial charge is 0.456 e. The van der Waals surface area contributed by atoms with E-state index in [0.29, 0.717) is 28.6 Å². The second-order valence-electron chi connectivity index (χ2n) is 17.1. The van der Waals surface area contributed by atoms with E-state index in [-0.39, 0.29) is 0 Å². The molecule has 15 aromatic rings. The molecule has 0 atom stereocenters. The fourth-order valence-corrected chi connectivity index (χ4v) is 10.5. The zero-order valence-electron chi connectivity index (χ0n) is 35.0. The Labute approximate surface area is 374 Å². The molecule has 0 unspecified atom stereocenters. The lowest BCUT2D eigenvalue weighted by atomic mass is 9.99. The van der Waals surface area contributed by atoms with Crippen molar-refractivity contribution in [2.24, 2.45) is 0 Å². The lowest BCUT2D eigenvalue weighted by Gasteiger charge is -2.13. The molecule has 7 heteroatoms. The van der Waals surface area contributed by atoms with Crippen molar-refractivity contribution in [3.63, 3.8) is 0 Å². The maximum Gasteiger partial charge on any atom is 0.167 e. The van der Waals surface area contributed by atoms with Gasteiger partial charge in [-0.25, -0.2) is 15.0 Å². The third kappa shape index (κ3) is 4.99. The lowest BCUT2D eigenvalue weighted by Crippen LogP contribution is -2.01. The van der Waals surface area contributed by atoms with Gasteiger partial charge in [-0.2, -0.15) is 0 Å². The highest BCUT2D eigenvalue weighted by Crippen LogP contribution is 2.44. The van der Waals surface area contributed by atoms with Crippen LogP contribution in [-0.4, -0.2) is 19.5 Å². The van der Waals surface area contributed by atoms with Crippen LogP contribution in [0.25, 0.3) is 149 Å². The van der Waals surface area contributed by atoms with E-state index in [2.05, 4.69) is 126 Å². The van der Waals surface area contributed by atoms with Crippen molar-refractivity contribution in [2.45, 2.75) is 0 Å². The summed E-state index contributed by atoms with van der Waals surface area (Å²) in [7, 11) is 0. The van der Waals surface area contributed by atoms with E-state index in [4.69, 9.17) is 28.2 Å². The highest BCUT2D eigenvalue weighted by Gasteiger charge is 2.24. The Morgan fingerprint density at radius 3 is 1.70 bits per heavy atom. The average Bonchev–Trinajstić information content (AvgIpc) is 4.14. The Balaban J connectivity index is 1.04. The number of fused-ring (bicyclic) bond motifs is 15. The third-order valence-electron chi connectivity index (χ3n) is 13.4. The molecule has 0 fully saturated rings.